The predicted molar refractivity (Wildman–Crippen MR) is 71.9 cm³/mol. The van der Waals surface area contributed by atoms with Gasteiger partial charge in [-0.3, -0.25) is 4.90 Å². The number of nitrogens with zero attached hydrogens (tertiary/aromatic N) is 3. The average Bonchev–Trinajstić information content (AvgIpc) is 2.71. The fourth-order valence-electron chi connectivity index (χ4n) is 1.79. The first-order valence-electron chi connectivity index (χ1n) is 5.40. The highest BCUT2D eigenvalue weighted by Gasteiger charge is 2.15. The number of halogens is 2. The molecule has 2 rings (SSSR count). The minimum absolute atomic E-state index is 0. The first-order valence-corrected chi connectivity index (χ1v) is 5.40. The molecule has 7 heteroatoms. The zero-order valence-corrected chi connectivity index (χ0v) is 11.4. The van der Waals surface area contributed by atoms with Crippen molar-refractivity contribution < 1.29 is 4.74 Å². The van der Waals surface area contributed by atoms with Gasteiger partial charge in [0.15, 0.2) is 0 Å². The summed E-state index contributed by atoms with van der Waals surface area (Å²) in [6.45, 7) is 6.03. The number of ether oxygens (including phenoxy) is 1. The summed E-state index contributed by atoms with van der Waals surface area (Å²) in [5, 5.41) is 0. The molecule has 2 heterocycles. The molecule has 0 atom stereocenters. The molecule has 1 aromatic heterocycles. The SMILES string of the molecule is Cl.Cl.NCCOCCN1CCn2ccnc2C1. The average molecular weight is 283 g/mol. The van der Waals surface area contributed by atoms with Gasteiger partial charge in [-0.1, -0.05) is 0 Å². The highest BCUT2D eigenvalue weighted by Crippen LogP contribution is 2.09. The second-order valence-corrected chi connectivity index (χ2v) is 3.71. The van der Waals surface area contributed by atoms with Crippen molar-refractivity contribution in [2.45, 2.75) is 13.1 Å². The molecule has 0 amide bonds. The summed E-state index contributed by atoms with van der Waals surface area (Å²) in [6, 6.07) is 0. The van der Waals surface area contributed by atoms with E-state index < -0.39 is 0 Å². The third-order valence-electron chi connectivity index (χ3n) is 2.64. The van der Waals surface area contributed by atoms with Gasteiger partial charge in [0.1, 0.15) is 5.82 Å². The number of aromatic nitrogens is 2. The van der Waals surface area contributed by atoms with Gasteiger partial charge in [-0.25, -0.2) is 4.98 Å². The summed E-state index contributed by atoms with van der Waals surface area (Å²) in [4.78, 5) is 6.67. The minimum Gasteiger partial charge on any atom is -0.379 e. The van der Waals surface area contributed by atoms with Crippen LogP contribution >= 0.6 is 24.8 Å². The van der Waals surface area contributed by atoms with E-state index in [1.165, 1.54) is 0 Å². The van der Waals surface area contributed by atoms with Crippen LogP contribution in [0.1, 0.15) is 5.82 Å². The van der Waals surface area contributed by atoms with Crippen molar-refractivity contribution in [3.8, 4) is 0 Å². The Bertz CT molecular complexity index is 308. The van der Waals surface area contributed by atoms with E-state index >= 15 is 0 Å². The maximum atomic E-state index is 5.36. The Hall–Kier alpha value is -0.330. The van der Waals surface area contributed by atoms with E-state index in [0.29, 0.717) is 13.2 Å². The molecule has 0 fully saturated rings. The Kier molecular flexibility index (Phi) is 8.55. The van der Waals surface area contributed by atoms with E-state index in [4.69, 9.17) is 10.5 Å². The first-order chi connectivity index (χ1) is 7.40. The molecular formula is C10H20Cl2N4O. The molecule has 1 aromatic rings. The van der Waals surface area contributed by atoms with Crippen LogP contribution < -0.4 is 5.73 Å². The van der Waals surface area contributed by atoms with E-state index in [0.717, 1.165) is 38.6 Å². The van der Waals surface area contributed by atoms with Crippen LogP contribution in [-0.2, 0) is 17.8 Å². The number of hydrogen-bond donors (Lipinski definition) is 1. The minimum atomic E-state index is 0. The second kappa shape index (κ2) is 8.72. The van der Waals surface area contributed by atoms with Crippen LogP contribution in [0.3, 0.4) is 0 Å². The zero-order valence-electron chi connectivity index (χ0n) is 9.75. The molecule has 0 aromatic carbocycles. The van der Waals surface area contributed by atoms with Gasteiger partial charge >= 0.3 is 0 Å². The Morgan fingerprint density at radius 3 is 2.88 bits per heavy atom. The van der Waals surface area contributed by atoms with Gasteiger partial charge in [0.25, 0.3) is 0 Å². The van der Waals surface area contributed by atoms with Crippen molar-refractivity contribution in [1.82, 2.24) is 14.5 Å². The van der Waals surface area contributed by atoms with Crippen molar-refractivity contribution >= 4 is 24.8 Å². The number of fused-ring (bicyclic) bond motifs is 1. The third kappa shape index (κ3) is 4.81. The highest BCUT2D eigenvalue weighted by atomic mass is 35.5. The fraction of sp³-hybridized carbons (Fsp3) is 0.700. The first kappa shape index (κ1) is 16.7. The lowest BCUT2D eigenvalue weighted by Crippen LogP contribution is -2.36. The van der Waals surface area contributed by atoms with Crippen molar-refractivity contribution in [3.63, 3.8) is 0 Å². The molecule has 0 unspecified atom stereocenters. The highest BCUT2D eigenvalue weighted by molar-refractivity contribution is 5.85. The van der Waals surface area contributed by atoms with Crippen LogP contribution in [0.2, 0.25) is 0 Å². The smallest absolute Gasteiger partial charge is 0.122 e. The lowest BCUT2D eigenvalue weighted by molar-refractivity contribution is 0.0978. The number of hydrogen-bond acceptors (Lipinski definition) is 4. The third-order valence-corrected chi connectivity index (χ3v) is 2.64. The molecule has 100 valence electrons. The summed E-state index contributed by atoms with van der Waals surface area (Å²) in [6.07, 6.45) is 3.90. The fourth-order valence-corrected chi connectivity index (χ4v) is 1.79. The monoisotopic (exact) mass is 282 g/mol. The van der Waals surface area contributed by atoms with Crippen LogP contribution in [0.15, 0.2) is 12.4 Å². The molecule has 2 N–H and O–H groups in total. The molecule has 0 saturated carbocycles. The second-order valence-electron chi connectivity index (χ2n) is 3.71. The van der Waals surface area contributed by atoms with E-state index in [-0.39, 0.29) is 24.8 Å². The Morgan fingerprint density at radius 1 is 1.29 bits per heavy atom. The van der Waals surface area contributed by atoms with Crippen molar-refractivity contribution in [2.24, 2.45) is 5.73 Å². The van der Waals surface area contributed by atoms with Crippen LogP contribution in [0, 0.1) is 0 Å². The molecular weight excluding hydrogens is 263 g/mol. The molecule has 1 aliphatic heterocycles. The molecule has 17 heavy (non-hydrogen) atoms. The van der Waals surface area contributed by atoms with Crippen LogP contribution in [0.25, 0.3) is 0 Å². The van der Waals surface area contributed by atoms with Gasteiger partial charge in [-0.2, -0.15) is 0 Å². The van der Waals surface area contributed by atoms with Gasteiger partial charge in [-0.05, 0) is 0 Å². The molecule has 0 saturated heterocycles. The Labute approximate surface area is 114 Å². The molecule has 0 bridgehead atoms. The number of imidazole rings is 1. The van der Waals surface area contributed by atoms with Crippen LogP contribution in [0.5, 0.6) is 0 Å². The zero-order chi connectivity index (χ0) is 10.5. The summed E-state index contributed by atoms with van der Waals surface area (Å²) >= 11 is 0. The largest absolute Gasteiger partial charge is 0.379 e. The van der Waals surface area contributed by atoms with Gasteiger partial charge in [0.05, 0.1) is 19.8 Å². The normalized spacial score (nSPS) is 14.6. The van der Waals surface area contributed by atoms with Crippen LogP contribution in [0.4, 0.5) is 0 Å². The molecule has 1 aliphatic rings. The van der Waals surface area contributed by atoms with E-state index in [1.807, 2.05) is 12.4 Å². The van der Waals surface area contributed by atoms with E-state index in [9.17, 15) is 0 Å². The maximum absolute atomic E-state index is 5.36. The lowest BCUT2D eigenvalue weighted by atomic mass is 10.3. The number of nitrogens with two attached hydrogens (primary N) is 1. The summed E-state index contributed by atoms with van der Waals surface area (Å²) in [5.74, 6) is 1.15. The van der Waals surface area contributed by atoms with Gasteiger partial charge in [0.2, 0.25) is 0 Å². The predicted octanol–water partition coefficient (Wildman–Crippen LogP) is 0.518. The van der Waals surface area contributed by atoms with E-state index in [1.54, 1.807) is 0 Å². The van der Waals surface area contributed by atoms with Crippen molar-refractivity contribution in [3.05, 3.63) is 18.2 Å². The summed E-state index contributed by atoms with van der Waals surface area (Å²) in [7, 11) is 0. The quantitative estimate of drug-likeness (QED) is 0.800. The summed E-state index contributed by atoms with van der Waals surface area (Å²) < 4.78 is 7.57. The lowest BCUT2D eigenvalue weighted by Gasteiger charge is -2.27. The molecule has 5 nitrogen and oxygen atoms in total. The van der Waals surface area contributed by atoms with Gasteiger partial charge in [0, 0.05) is 38.6 Å². The van der Waals surface area contributed by atoms with Crippen LogP contribution in [-0.4, -0.2) is 47.3 Å². The Balaban J connectivity index is 0.00000128. The molecule has 0 radical (unpaired) electrons. The van der Waals surface area contributed by atoms with Crippen molar-refractivity contribution in [2.75, 3.05) is 32.8 Å². The molecule has 0 spiro atoms. The van der Waals surface area contributed by atoms with E-state index in [2.05, 4.69) is 14.5 Å². The van der Waals surface area contributed by atoms with Gasteiger partial charge < -0.3 is 15.0 Å². The standard InChI is InChI=1S/C10H18N4O.2ClH/c11-1-7-15-8-6-13-4-5-14-3-2-12-10(14)9-13;;/h2-3H,1,4-9,11H2;2*1H. The maximum Gasteiger partial charge on any atom is 0.122 e. The summed E-state index contributed by atoms with van der Waals surface area (Å²) in [5.41, 5.74) is 5.35. The number of rotatable bonds is 5. The topological polar surface area (TPSA) is 56.3 Å². The molecule has 0 aliphatic carbocycles. The van der Waals surface area contributed by atoms with Gasteiger partial charge in [-0.15, -0.1) is 24.8 Å². The van der Waals surface area contributed by atoms with Crippen molar-refractivity contribution in [1.29, 1.82) is 0 Å². The Morgan fingerprint density at radius 2 is 2.12 bits per heavy atom.